The Bertz CT molecular complexity index is 944. The highest BCUT2D eigenvalue weighted by molar-refractivity contribution is 5.97. The SMILES string of the molecule is COc1ccc(C2(c3ccc(OC)cc3)CN=C(c3ccccc3C)O2)cc1. The van der Waals surface area contributed by atoms with Crippen molar-refractivity contribution in [2.24, 2.45) is 4.99 Å². The molecule has 1 aliphatic heterocycles. The van der Waals surface area contributed by atoms with Crippen LogP contribution in [0.3, 0.4) is 0 Å². The number of aliphatic imine (C=N–C) groups is 1. The van der Waals surface area contributed by atoms with Crippen molar-refractivity contribution in [3.05, 3.63) is 95.1 Å². The lowest BCUT2D eigenvalue weighted by Crippen LogP contribution is -2.32. The standard InChI is InChI=1S/C24H23NO3/c1-17-6-4-5-7-22(17)23-25-16-24(28-23,18-8-12-20(26-2)13-9-18)19-10-14-21(27-3)15-11-19/h4-15H,16H2,1-3H3. The first-order valence-corrected chi connectivity index (χ1v) is 9.25. The van der Waals surface area contributed by atoms with Gasteiger partial charge in [-0.15, -0.1) is 0 Å². The number of methoxy groups -OCH3 is 2. The van der Waals surface area contributed by atoms with Crippen LogP contribution in [-0.2, 0) is 10.3 Å². The average molecular weight is 373 g/mol. The zero-order valence-electron chi connectivity index (χ0n) is 16.3. The molecule has 0 radical (unpaired) electrons. The molecule has 0 aliphatic carbocycles. The van der Waals surface area contributed by atoms with Crippen molar-refractivity contribution in [2.75, 3.05) is 20.8 Å². The first-order chi connectivity index (χ1) is 13.7. The smallest absolute Gasteiger partial charge is 0.217 e. The molecule has 0 saturated carbocycles. The van der Waals surface area contributed by atoms with E-state index in [9.17, 15) is 0 Å². The van der Waals surface area contributed by atoms with Gasteiger partial charge in [-0.3, -0.25) is 0 Å². The molecule has 3 aromatic carbocycles. The fourth-order valence-electron chi connectivity index (χ4n) is 3.55. The monoisotopic (exact) mass is 373 g/mol. The molecule has 142 valence electrons. The minimum atomic E-state index is -0.684. The number of hydrogen-bond donors (Lipinski definition) is 0. The fourth-order valence-corrected chi connectivity index (χ4v) is 3.55. The van der Waals surface area contributed by atoms with Crippen LogP contribution in [0.1, 0.15) is 22.3 Å². The van der Waals surface area contributed by atoms with E-state index in [2.05, 4.69) is 13.0 Å². The first kappa shape index (κ1) is 18.1. The van der Waals surface area contributed by atoms with Crippen molar-refractivity contribution in [3.8, 4) is 11.5 Å². The third-order valence-electron chi connectivity index (χ3n) is 5.20. The van der Waals surface area contributed by atoms with Crippen LogP contribution in [-0.4, -0.2) is 26.7 Å². The summed E-state index contributed by atoms with van der Waals surface area (Å²) in [5, 5.41) is 0. The van der Waals surface area contributed by atoms with Crippen LogP contribution in [0.2, 0.25) is 0 Å². The van der Waals surface area contributed by atoms with Crippen molar-refractivity contribution in [1.82, 2.24) is 0 Å². The van der Waals surface area contributed by atoms with E-state index in [-0.39, 0.29) is 0 Å². The average Bonchev–Trinajstić information content (AvgIpc) is 3.20. The topological polar surface area (TPSA) is 40.0 Å². The number of aryl methyl sites for hydroxylation is 1. The van der Waals surface area contributed by atoms with Gasteiger partial charge in [-0.25, -0.2) is 4.99 Å². The molecule has 0 spiro atoms. The molecule has 4 rings (SSSR count). The molecule has 0 saturated heterocycles. The Balaban J connectivity index is 1.78. The maximum absolute atomic E-state index is 6.60. The van der Waals surface area contributed by atoms with Crippen LogP contribution in [0.25, 0.3) is 0 Å². The largest absolute Gasteiger partial charge is 0.497 e. The highest BCUT2D eigenvalue weighted by Crippen LogP contribution is 2.40. The van der Waals surface area contributed by atoms with Gasteiger partial charge >= 0.3 is 0 Å². The highest BCUT2D eigenvalue weighted by Gasteiger charge is 2.42. The van der Waals surface area contributed by atoms with E-state index in [4.69, 9.17) is 19.2 Å². The summed E-state index contributed by atoms with van der Waals surface area (Å²) in [6, 6.07) is 24.1. The number of benzene rings is 3. The van der Waals surface area contributed by atoms with Gasteiger partial charge in [0.05, 0.1) is 20.8 Å². The molecule has 0 fully saturated rings. The first-order valence-electron chi connectivity index (χ1n) is 9.25. The lowest BCUT2D eigenvalue weighted by Gasteiger charge is -2.30. The molecular formula is C24H23NO3. The zero-order valence-corrected chi connectivity index (χ0v) is 16.3. The normalized spacial score (nSPS) is 14.9. The van der Waals surface area contributed by atoms with E-state index < -0.39 is 5.60 Å². The molecule has 1 aliphatic rings. The van der Waals surface area contributed by atoms with Crippen molar-refractivity contribution < 1.29 is 14.2 Å². The van der Waals surface area contributed by atoms with Crippen LogP contribution in [0, 0.1) is 6.92 Å². The second-order valence-corrected chi connectivity index (χ2v) is 6.82. The van der Waals surface area contributed by atoms with Gasteiger partial charge in [-0.05, 0) is 42.8 Å². The molecule has 0 N–H and O–H groups in total. The number of nitrogens with zero attached hydrogens (tertiary/aromatic N) is 1. The third-order valence-corrected chi connectivity index (χ3v) is 5.20. The molecule has 0 unspecified atom stereocenters. The lowest BCUT2D eigenvalue weighted by atomic mass is 9.86. The van der Waals surface area contributed by atoms with Crippen LogP contribution >= 0.6 is 0 Å². The van der Waals surface area contributed by atoms with E-state index >= 15 is 0 Å². The maximum Gasteiger partial charge on any atom is 0.217 e. The minimum absolute atomic E-state index is 0.509. The third kappa shape index (κ3) is 3.11. The van der Waals surface area contributed by atoms with Gasteiger partial charge in [-0.2, -0.15) is 0 Å². The Morgan fingerprint density at radius 2 is 1.32 bits per heavy atom. The zero-order chi connectivity index (χ0) is 19.6. The van der Waals surface area contributed by atoms with Gasteiger partial charge in [0.25, 0.3) is 0 Å². The predicted octanol–water partition coefficient (Wildman–Crippen LogP) is 4.73. The number of ether oxygens (including phenoxy) is 3. The van der Waals surface area contributed by atoms with Gasteiger partial charge < -0.3 is 14.2 Å². The van der Waals surface area contributed by atoms with E-state index in [0.29, 0.717) is 12.4 Å². The van der Waals surface area contributed by atoms with Gasteiger partial charge in [-0.1, -0.05) is 42.5 Å². The molecule has 1 heterocycles. The van der Waals surface area contributed by atoms with Crippen LogP contribution < -0.4 is 9.47 Å². The Hall–Kier alpha value is -3.27. The Kier molecular flexibility index (Phi) is 4.78. The van der Waals surface area contributed by atoms with Crippen molar-refractivity contribution in [3.63, 3.8) is 0 Å². The summed E-state index contributed by atoms with van der Waals surface area (Å²) in [6.07, 6.45) is 0. The summed E-state index contributed by atoms with van der Waals surface area (Å²) in [5.74, 6) is 2.29. The van der Waals surface area contributed by atoms with E-state index in [1.54, 1.807) is 14.2 Å². The molecule has 28 heavy (non-hydrogen) atoms. The quantitative estimate of drug-likeness (QED) is 0.649. The summed E-state index contributed by atoms with van der Waals surface area (Å²) in [4.78, 5) is 4.79. The maximum atomic E-state index is 6.60. The summed E-state index contributed by atoms with van der Waals surface area (Å²) in [5.41, 5.74) is 3.54. The van der Waals surface area contributed by atoms with E-state index in [0.717, 1.165) is 33.8 Å². The predicted molar refractivity (Wildman–Crippen MR) is 110 cm³/mol. The Morgan fingerprint density at radius 1 is 0.786 bits per heavy atom. The molecule has 0 bridgehead atoms. The summed E-state index contributed by atoms with van der Waals surface area (Å²) in [7, 11) is 3.33. The van der Waals surface area contributed by atoms with Crippen molar-refractivity contribution in [1.29, 1.82) is 0 Å². The highest BCUT2D eigenvalue weighted by atomic mass is 16.5. The van der Waals surface area contributed by atoms with E-state index in [1.807, 2.05) is 66.7 Å². The summed E-state index contributed by atoms with van der Waals surface area (Å²) < 4.78 is 17.2. The Labute approximate surface area is 165 Å². The Morgan fingerprint density at radius 3 is 1.82 bits per heavy atom. The van der Waals surface area contributed by atoms with Crippen molar-refractivity contribution in [2.45, 2.75) is 12.5 Å². The molecule has 0 atom stereocenters. The summed E-state index contributed by atoms with van der Waals surface area (Å²) in [6.45, 7) is 2.58. The van der Waals surface area contributed by atoms with Crippen molar-refractivity contribution >= 4 is 5.90 Å². The van der Waals surface area contributed by atoms with Gasteiger partial charge in [0.2, 0.25) is 5.90 Å². The molecular weight excluding hydrogens is 350 g/mol. The lowest BCUT2D eigenvalue weighted by molar-refractivity contribution is 0.132. The molecule has 4 nitrogen and oxygen atoms in total. The minimum Gasteiger partial charge on any atom is -0.497 e. The van der Waals surface area contributed by atoms with Gasteiger partial charge in [0.15, 0.2) is 5.60 Å². The van der Waals surface area contributed by atoms with Gasteiger partial charge in [0, 0.05) is 16.7 Å². The van der Waals surface area contributed by atoms with Crippen LogP contribution in [0.15, 0.2) is 77.8 Å². The van der Waals surface area contributed by atoms with E-state index in [1.165, 1.54) is 0 Å². The molecule has 0 amide bonds. The molecule has 3 aromatic rings. The van der Waals surface area contributed by atoms with Gasteiger partial charge in [0.1, 0.15) is 11.5 Å². The van der Waals surface area contributed by atoms with Crippen LogP contribution in [0.4, 0.5) is 0 Å². The molecule has 0 aromatic heterocycles. The molecule has 4 heteroatoms. The fraction of sp³-hybridized carbons (Fsp3) is 0.208. The second-order valence-electron chi connectivity index (χ2n) is 6.82. The summed E-state index contributed by atoms with van der Waals surface area (Å²) >= 11 is 0. The number of hydrogen-bond acceptors (Lipinski definition) is 4. The second kappa shape index (κ2) is 7.39. The number of rotatable bonds is 5. The van der Waals surface area contributed by atoms with Crippen LogP contribution in [0.5, 0.6) is 11.5 Å².